The first-order valence-electron chi connectivity index (χ1n) is 9.73. The molecule has 0 radical (unpaired) electrons. The van der Waals surface area contributed by atoms with Crippen LogP contribution in [-0.4, -0.2) is 27.3 Å². The molecule has 0 unspecified atom stereocenters. The number of aromatic nitrogens is 2. The molecule has 1 aliphatic heterocycles. The first kappa shape index (κ1) is 18.1. The summed E-state index contributed by atoms with van der Waals surface area (Å²) in [6, 6.07) is 16.7. The molecular weight excluding hydrogens is 385 g/mol. The number of halogens is 1. The quantitative estimate of drug-likeness (QED) is 0.527. The third-order valence-electron chi connectivity index (χ3n) is 5.50. The second-order valence-electron chi connectivity index (χ2n) is 7.32. The lowest BCUT2D eigenvalue weighted by Crippen LogP contribution is -2.40. The summed E-state index contributed by atoms with van der Waals surface area (Å²) in [7, 11) is 0. The van der Waals surface area contributed by atoms with Crippen LogP contribution in [0.4, 0.5) is 4.39 Å². The lowest BCUT2D eigenvalue weighted by molar-refractivity contribution is -0.133. The molecule has 6 heteroatoms. The highest BCUT2D eigenvalue weighted by Crippen LogP contribution is 2.39. The van der Waals surface area contributed by atoms with Crippen molar-refractivity contribution in [2.24, 2.45) is 0 Å². The number of benzene rings is 2. The number of hydrogen-bond acceptors (Lipinski definition) is 3. The number of aromatic amines is 1. The van der Waals surface area contributed by atoms with Gasteiger partial charge in [-0.1, -0.05) is 30.3 Å². The van der Waals surface area contributed by atoms with E-state index >= 15 is 0 Å². The standard InChI is InChI=1S/C23H20FN3OS/c24-17-8-5-15(6-9-17)7-10-21(28)27-12-11-18-22(26-14-25-18)23(27)20-13-16-3-1-2-4-19(16)29-20/h1-6,8-9,13-14,23H,7,10-12H2,(H,25,26)/t23-/m0/s1. The molecule has 5 rings (SSSR count). The van der Waals surface area contributed by atoms with E-state index in [-0.39, 0.29) is 17.8 Å². The number of nitrogens with zero attached hydrogens (tertiary/aromatic N) is 2. The van der Waals surface area contributed by atoms with Gasteiger partial charge in [-0.25, -0.2) is 9.37 Å². The average molecular weight is 405 g/mol. The highest BCUT2D eigenvalue weighted by atomic mass is 32.1. The molecule has 1 N–H and O–H groups in total. The van der Waals surface area contributed by atoms with Crippen molar-refractivity contribution in [2.75, 3.05) is 6.54 Å². The van der Waals surface area contributed by atoms with Crippen LogP contribution in [0.25, 0.3) is 10.1 Å². The highest BCUT2D eigenvalue weighted by Gasteiger charge is 2.34. The lowest BCUT2D eigenvalue weighted by Gasteiger charge is -2.34. The van der Waals surface area contributed by atoms with Gasteiger partial charge >= 0.3 is 0 Å². The summed E-state index contributed by atoms with van der Waals surface area (Å²) in [5, 5.41) is 1.19. The second kappa shape index (κ2) is 7.44. The fourth-order valence-corrected chi connectivity index (χ4v) is 5.20. The summed E-state index contributed by atoms with van der Waals surface area (Å²) in [5.74, 6) is -0.155. The number of nitrogens with one attached hydrogen (secondary N) is 1. The summed E-state index contributed by atoms with van der Waals surface area (Å²) in [4.78, 5) is 24.1. The Balaban J connectivity index is 1.44. The van der Waals surface area contributed by atoms with E-state index in [1.54, 1.807) is 29.8 Å². The molecule has 3 heterocycles. The minimum atomic E-state index is -0.257. The van der Waals surface area contributed by atoms with Gasteiger partial charge in [-0.3, -0.25) is 4.79 Å². The number of amides is 1. The number of aryl methyl sites for hydroxylation is 1. The topological polar surface area (TPSA) is 49.0 Å². The zero-order chi connectivity index (χ0) is 19.8. The van der Waals surface area contributed by atoms with Crippen LogP contribution in [0.3, 0.4) is 0 Å². The summed E-state index contributed by atoms with van der Waals surface area (Å²) >= 11 is 1.72. The third kappa shape index (κ3) is 3.44. The van der Waals surface area contributed by atoms with Crippen LogP contribution in [0.2, 0.25) is 0 Å². The molecule has 0 fully saturated rings. The van der Waals surface area contributed by atoms with E-state index in [9.17, 15) is 9.18 Å². The van der Waals surface area contributed by atoms with Gasteiger partial charge in [-0.2, -0.15) is 0 Å². The Hall–Kier alpha value is -2.99. The molecule has 0 saturated heterocycles. The Morgan fingerprint density at radius 3 is 2.86 bits per heavy atom. The molecule has 4 nitrogen and oxygen atoms in total. The number of rotatable bonds is 4. The van der Waals surface area contributed by atoms with Crippen molar-refractivity contribution >= 4 is 27.3 Å². The van der Waals surface area contributed by atoms with Crippen molar-refractivity contribution in [1.29, 1.82) is 0 Å². The lowest BCUT2D eigenvalue weighted by atomic mass is 9.99. The van der Waals surface area contributed by atoms with Gasteiger partial charge in [0.2, 0.25) is 5.91 Å². The van der Waals surface area contributed by atoms with E-state index in [2.05, 4.69) is 28.2 Å². The molecule has 1 amide bonds. The first-order chi connectivity index (χ1) is 14.2. The summed E-state index contributed by atoms with van der Waals surface area (Å²) in [5.41, 5.74) is 3.02. The number of fused-ring (bicyclic) bond motifs is 2. The Bertz CT molecular complexity index is 1130. The summed E-state index contributed by atoms with van der Waals surface area (Å²) < 4.78 is 14.3. The molecule has 0 saturated carbocycles. The summed E-state index contributed by atoms with van der Waals surface area (Å²) in [6.45, 7) is 0.663. The molecule has 2 aromatic heterocycles. The van der Waals surface area contributed by atoms with Gasteiger partial charge in [-0.05, 0) is 41.6 Å². The van der Waals surface area contributed by atoms with Crippen molar-refractivity contribution in [3.8, 4) is 0 Å². The molecular formula is C23H20FN3OS. The number of thiophene rings is 1. The van der Waals surface area contributed by atoms with Crippen LogP contribution in [-0.2, 0) is 17.6 Å². The fourth-order valence-electron chi connectivity index (χ4n) is 4.02. The predicted molar refractivity (Wildman–Crippen MR) is 112 cm³/mol. The minimum Gasteiger partial charge on any atom is -0.348 e. The van der Waals surface area contributed by atoms with E-state index in [0.717, 1.165) is 28.2 Å². The fraction of sp³-hybridized carbons (Fsp3) is 0.217. The molecule has 4 aromatic rings. The van der Waals surface area contributed by atoms with Crippen LogP contribution < -0.4 is 0 Å². The zero-order valence-corrected chi connectivity index (χ0v) is 16.6. The van der Waals surface area contributed by atoms with Crippen molar-refractivity contribution in [2.45, 2.75) is 25.3 Å². The monoisotopic (exact) mass is 405 g/mol. The van der Waals surface area contributed by atoms with E-state index < -0.39 is 0 Å². The average Bonchev–Trinajstić information content (AvgIpc) is 3.39. The first-order valence-corrected chi connectivity index (χ1v) is 10.6. The van der Waals surface area contributed by atoms with E-state index in [4.69, 9.17) is 0 Å². The zero-order valence-electron chi connectivity index (χ0n) is 15.8. The summed E-state index contributed by atoms with van der Waals surface area (Å²) in [6.07, 6.45) is 3.49. The molecule has 0 aliphatic carbocycles. The Morgan fingerprint density at radius 2 is 2.03 bits per heavy atom. The third-order valence-corrected chi connectivity index (χ3v) is 6.67. The van der Waals surface area contributed by atoms with E-state index in [0.29, 0.717) is 19.4 Å². The SMILES string of the molecule is O=C(CCc1ccc(F)cc1)N1CCc2[nH]cnc2[C@@H]1c1cc2ccccc2s1. The Kier molecular flexibility index (Phi) is 4.64. The van der Waals surface area contributed by atoms with Crippen LogP contribution >= 0.6 is 11.3 Å². The smallest absolute Gasteiger partial charge is 0.223 e. The van der Waals surface area contributed by atoms with Gasteiger partial charge in [0, 0.05) is 34.7 Å². The number of hydrogen-bond donors (Lipinski definition) is 1. The maximum Gasteiger partial charge on any atom is 0.223 e. The van der Waals surface area contributed by atoms with E-state index in [1.165, 1.54) is 22.2 Å². The van der Waals surface area contributed by atoms with Crippen molar-refractivity contribution in [3.63, 3.8) is 0 Å². The van der Waals surface area contributed by atoms with Crippen LogP contribution in [0.1, 0.15) is 34.3 Å². The number of H-pyrrole nitrogens is 1. The van der Waals surface area contributed by atoms with Gasteiger partial charge < -0.3 is 9.88 Å². The minimum absolute atomic E-state index is 0.102. The molecule has 0 spiro atoms. The number of carbonyl (C=O) groups excluding carboxylic acids is 1. The highest BCUT2D eigenvalue weighted by molar-refractivity contribution is 7.19. The maximum absolute atomic E-state index is 13.2. The van der Waals surface area contributed by atoms with Crippen molar-refractivity contribution in [1.82, 2.24) is 14.9 Å². The molecule has 0 bridgehead atoms. The van der Waals surface area contributed by atoms with Crippen LogP contribution in [0, 0.1) is 5.82 Å². The number of imidazole rings is 1. The normalized spacial score (nSPS) is 16.2. The molecule has 1 aliphatic rings. The van der Waals surface area contributed by atoms with Gasteiger partial charge in [0.25, 0.3) is 0 Å². The van der Waals surface area contributed by atoms with Gasteiger partial charge in [0.05, 0.1) is 12.0 Å². The van der Waals surface area contributed by atoms with Crippen LogP contribution in [0.5, 0.6) is 0 Å². The predicted octanol–water partition coefficient (Wildman–Crippen LogP) is 4.87. The Labute approximate surface area is 172 Å². The van der Waals surface area contributed by atoms with E-state index in [1.807, 2.05) is 17.0 Å². The Morgan fingerprint density at radius 1 is 1.21 bits per heavy atom. The molecule has 1 atom stereocenters. The van der Waals surface area contributed by atoms with Crippen molar-refractivity contribution < 1.29 is 9.18 Å². The molecule has 146 valence electrons. The van der Waals surface area contributed by atoms with Crippen molar-refractivity contribution in [3.05, 3.63) is 88.6 Å². The largest absolute Gasteiger partial charge is 0.348 e. The second-order valence-corrected chi connectivity index (χ2v) is 8.43. The molecule has 29 heavy (non-hydrogen) atoms. The number of carbonyl (C=O) groups is 1. The van der Waals surface area contributed by atoms with Gasteiger partial charge in [0.15, 0.2) is 0 Å². The van der Waals surface area contributed by atoms with Crippen LogP contribution in [0.15, 0.2) is 60.9 Å². The molecule has 2 aromatic carbocycles. The van der Waals surface area contributed by atoms with Gasteiger partial charge in [-0.15, -0.1) is 11.3 Å². The maximum atomic E-state index is 13.2. The van der Waals surface area contributed by atoms with Gasteiger partial charge in [0.1, 0.15) is 11.9 Å².